The first-order chi connectivity index (χ1) is 14.5. The van der Waals surface area contributed by atoms with Crippen LogP contribution in [0, 0.1) is 5.92 Å². The van der Waals surface area contributed by atoms with E-state index in [1.807, 2.05) is 0 Å². The Labute approximate surface area is 180 Å². The maximum Gasteiger partial charge on any atom is 0.257 e. The molecule has 7 heteroatoms. The lowest BCUT2D eigenvalue weighted by Crippen LogP contribution is -2.45. The first-order valence-corrected chi connectivity index (χ1v) is 10.2. The van der Waals surface area contributed by atoms with Gasteiger partial charge >= 0.3 is 0 Å². The molecule has 2 aromatic carbocycles. The molecule has 2 aromatic rings. The van der Waals surface area contributed by atoms with Gasteiger partial charge in [0.2, 0.25) is 5.91 Å². The van der Waals surface area contributed by atoms with Crippen molar-refractivity contribution >= 4 is 35.0 Å². The van der Waals surface area contributed by atoms with Crippen molar-refractivity contribution in [3.05, 3.63) is 77.3 Å². The molecule has 0 saturated carbocycles. The van der Waals surface area contributed by atoms with Gasteiger partial charge in [-0.1, -0.05) is 35.9 Å². The second kappa shape index (κ2) is 10.1. The molecule has 1 atom stereocenters. The summed E-state index contributed by atoms with van der Waals surface area (Å²) in [5, 5.41) is 5.94. The number of nitrogens with zero attached hydrogens (tertiary/aromatic N) is 1. The number of likely N-dealkylation sites (tertiary alicyclic amines) is 1. The molecular formula is C23H24ClN3O3. The van der Waals surface area contributed by atoms with Gasteiger partial charge < -0.3 is 15.5 Å². The van der Waals surface area contributed by atoms with Crippen LogP contribution in [0.3, 0.4) is 0 Å². The molecule has 1 fully saturated rings. The molecule has 0 aromatic heterocycles. The second-order valence-corrected chi connectivity index (χ2v) is 7.55. The molecule has 1 heterocycles. The molecule has 0 bridgehead atoms. The zero-order valence-electron chi connectivity index (χ0n) is 16.6. The van der Waals surface area contributed by atoms with E-state index in [0.717, 1.165) is 12.8 Å². The number of halogens is 1. The van der Waals surface area contributed by atoms with Gasteiger partial charge in [-0.3, -0.25) is 14.4 Å². The minimum Gasteiger partial charge on any atom is -0.352 e. The van der Waals surface area contributed by atoms with Gasteiger partial charge in [0, 0.05) is 30.9 Å². The van der Waals surface area contributed by atoms with Crippen molar-refractivity contribution in [3.8, 4) is 0 Å². The van der Waals surface area contributed by atoms with Gasteiger partial charge in [0.05, 0.1) is 16.5 Å². The Morgan fingerprint density at radius 3 is 2.73 bits per heavy atom. The Kier molecular flexibility index (Phi) is 7.25. The predicted octanol–water partition coefficient (Wildman–Crippen LogP) is 3.75. The Balaban J connectivity index is 1.68. The van der Waals surface area contributed by atoms with Crippen molar-refractivity contribution in [1.29, 1.82) is 0 Å². The minimum atomic E-state index is -0.345. The summed E-state index contributed by atoms with van der Waals surface area (Å²) >= 11 is 6.08. The van der Waals surface area contributed by atoms with Crippen molar-refractivity contribution in [3.63, 3.8) is 0 Å². The van der Waals surface area contributed by atoms with Gasteiger partial charge in [-0.2, -0.15) is 0 Å². The molecule has 1 aliphatic heterocycles. The van der Waals surface area contributed by atoms with Gasteiger partial charge in [0.25, 0.3) is 11.8 Å². The Morgan fingerprint density at radius 2 is 1.97 bits per heavy atom. The summed E-state index contributed by atoms with van der Waals surface area (Å²) in [7, 11) is 0. The maximum absolute atomic E-state index is 13.0. The van der Waals surface area contributed by atoms with Crippen LogP contribution >= 0.6 is 11.6 Å². The average molecular weight is 426 g/mol. The van der Waals surface area contributed by atoms with Crippen LogP contribution in [0.25, 0.3) is 0 Å². The van der Waals surface area contributed by atoms with Gasteiger partial charge in [0.1, 0.15) is 0 Å². The average Bonchev–Trinajstić information content (AvgIpc) is 2.77. The number of amides is 3. The van der Waals surface area contributed by atoms with Gasteiger partial charge in [-0.15, -0.1) is 6.58 Å². The molecule has 3 rings (SSSR count). The highest BCUT2D eigenvalue weighted by Gasteiger charge is 2.28. The number of carbonyl (C=O) groups excluding carboxylic acids is 3. The summed E-state index contributed by atoms with van der Waals surface area (Å²) in [6.07, 6.45) is 3.15. The summed E-state index contributed by atoms with van der Waals surface area (Å²) in [6, 6.07) is 13.5. The fraction of sp³-hybridized carbons (Fsp3) is 0.261. The standard InChI is InChI=1S/C23H24ClN3O3/c1-2-12-25-21(28)17-8-6-13-27(15-17)23(30)16-7-5-9-18(14-16)26-22(29)19-10-3-4-11-20(19)24/h2-5,7,9-11,14,17H,1,6,8,12-13,15H2,(H,25,28)(H,26,29). The van der Waals surface area contributed by atoms with Crippen LogP contribution in [0.5, 0.6) is 0 Å². The van der Waals surface area contributed by atoms with E-state index in [-0.39, 0.29) is 23.6 Å². The molecule has 0 radical (unpaired) electrons. The maximum atomic E-state index is 13.0. The third-order valence-electron chi connectivity index (χ3n) is 4.99. The third kappa shape index (κ3) is 5.27. The Bertz CT molecular complexity index is 960. The molecule has 156 valence electrons. The number of rotatable bonds is 6. The molecule has 1 aliphatic rings. The van der Waals surface area contributed by atoms with Crippen molar-refractivity contribution < 1.29 is 14.4 Å². The summed E-state index contributed by atoms with van der Waals surface area (Å²) in [4.78, 5) is 39.4. The van der Waals surface area contributed by atoms with E-state index in [9.17, 15) is 14.4 Å². The number of carbonyl (C=O) groups is 3. The minimum absolute atomic E-state index is 0.0619. The SMILES string of the molecule is C=CCNC(=O)C1CCCN(C(=O)c2cccc(NC(=O)c3ccccc3Cl)c2)C1. The van der Waals surface area contributed by atoms with E-state index in [0.29, 0.717) is 41.5 Å². The predicted molar refractivity (Wildman–Crippen MR) is 118 cm³/mol. The van der Waals surface area contributed by atoms with Gasteiger partial charge in [-0.05, 0) is 43.2 Å². The second-order valence-electron chi connectivity index (χ2n) is 7.14. The van der Waals surface area contributed by atoms with Crippen LogP contribution in [0.1, 0.15) is 33.6 Å². The van der Waals surface area contributed by atoms with E-state index >= 15 is 0 Å². The quantitative estimate of drug-likeness (QED) is 0.692. The smallest absolute Gasteiger partial charge is 0.257 e. The highest BCUT2D eigenvalue weighted by molar-refractivity contribution is 6.34. The topological polar surface area (TPSA) is 78.5 Å². The number of hydrogen-bond acceptors (Lipinski definition) is 3. The van der Waals surface area contributed by atoms with Crippen molar-refractivity contribution in [2.24, 2.45) is 5.92 Å². The summed E-state index contributed by atoms with van der Waals surface area (Å²) < 4.78 is 0. The fourth-order valence-electron chi connectivity index (χ4n) is 3.45. The highest BCUT2D eigenvalue weighted by Crippen LogP contribution is 2.21. The lowest BCUT2D eigenvalue weighted by molar-refractivity contribution is -0.126. The van der Waals surface area contributed by atoms with E-state index < -0.39 is 0 Å². The first kappa shape index (κ1) is 21.6. The number of anilines is 1. The summed E-state index contributed by atoms with van der Waals surface area (Å²) in [5.74, 6) is -0.800. The van der Waals surface area contributed by atoms with Crippen LogP contribution in [0.2, 0.25) is 5.02 Å². The molecule has 0 aliphatic carbocycles. The van der Waals surface area contributed by atoms with Crippen molar-refractivity contribution in [1.82, 2.24) is 10.2 Å². The largest absolute Gasteiger partial charge is 0.352 e. The van der Waals surface area contributed by atoms with Crippen LogP contribution in [0.15, 0.2) is 61.2 Å². The van der Waals surface area contributed by atoms with Crippen LogP contribution < -0.4 is 10.6 Å². The van der Waals surface area contributed by atoms with Crippen LogP contribution in [0.4, 0.5) is 5.69 Å². The molecule has 1 saturated heterocycles. The zero-order valence-corrected chi connectivity index (χ0v) is 17.3. The van der Waals surface area contributed by atoms with Crippen LogP contribution in [-0.2, 0) is 4.79 Å². The molecule has 3 amide bonds. The zero-order chi connectivity index (χ0) is 21.5. The molecule has 2 N–H and O–H groups in total. The number of nitrogens with one attached hydrogen (secondary N) is 2. The van der Waals surface area contributed by atoms with Gasteiger partial charge in [0.15, 0.2) is 0 Å². The molecular weight excluding hydrogens is 402 g/mol. The van der Waals surface area contributed by atoms with Gasteiger partial charge in [-0.25, -0.2) is 0 Å². The Morgan fingerprint density at radius 1 is 1.17 bits per heavy atom. The summed E-state index contributed by atoms with van der Waals surface area (Å²) in [6.45, 7) is 4.98. The molecule has 0 spiro atoms. The monoisotopic (exact) mass is 425 g/mol. The number of piperidine rings is 1. The molecule has 6 nitrogen and oxygen atoms in total. The first-order valence-electron chi connectivity index (χ1n) is 9.83. The fourth-order valence-corrected chi connectivity index (χ4v) is 3.67. The molecule has 30 heavy (non-hydrogen) atoms. The highest BCUT2D eigenvalue weighted by atomic mass is 35.5. The van der Waals surface area contributed by atoms with E-state index in [1.54, 1.807) is 59.5 Å². The Hall–Kier alpha value is -3.12. The number of hydrogen-bond donors (Lipinski definition) is 2. The van der Waals surface area contributed by atoms with Crippen molar-refractivity contribution in [2.75, 3.05) is 25.0 Å². The third-order valence-corrected chi connectivity index (χ3v) is 5.32. The van der Waals surface area contributed by atoms with Crippen molar-refractivity contribution in [2.45, 2.75) is 12.8 Å². The van der Waals surface area contributed by atoms with E-state index in [1.165, 1.54) is 0 Å². The lowest BCUT2D eigenvalue weighted by atomic mass is 9.96. The normalized spacial score (nSPS) is 15.9. The molecule has 1 unspecified atom stereocenters. The summed E-state index contributed by atoms with van der Waals surface area (Å²) in [5.41, 5.74) is 1.32. The lowest BCUT2D eigenvalue weighted by Gasteiger charge is -2.32. The van der Waals surface area contributed by atoms with E-state index in [4.69, 9.17) is 11.6 Å². The van der Waals surface area contributed by atoms with E-state index in [2.05, 4.69) is 17.2 Å². The number of benzene rings is 2. The van der Waals surface area contributed by atoms with Crippen LogP contribution in [-0.4, -0.2) is 42.3 Å².